The van der Waals surface area contributed by atoms with E-state index in [1.807, 2.05) is 4.68 Å². The Kier molecular flexibility index (Phi) is 3.64. The van der Waals surface area contributed by atoms with Crippen LogP contribution in [0, 0.1) is 5.41 Å². The Balaban J connectivity index is 1.74. The van der Waals surface area contributed by atoms with Gasteiger partial charge in [0.05, 0.1) is 5.56 Å². The molecule has 4 rings (SSSR count). The van der Waals surface area contributed by atoms with E-state index in [0.717, 1.165) is 25.7 Å². The van der Waals surface area contributed by atoms with Crippen LogP contribution in [-0.4, -0.2) is 30.6 Å². The molecular weight excluding hydrogens is 334 g/mol. The maximum absolute atomic E-state index is 12.7. The number of hydrogen-bond acceptors (Lipinski definition) is 6. The van der Waals surface area contributed by atoms with Gasteiger partial charge in [0.25, 0.3) is 5.56 Å². The van der Waals surface area contributed by atoms with E-state index in [2.05, 4.69) is 30.7 Å². The number of fused-ring (bicyclic) bond motifs is 4. The van der Waals surface area contributed by atoms with Crippen LogP contribution in [-0.2, 0) is 10.5 Å². The highest BCUT2D eigenvalue weighted by atomic mass is 16.2. The first-order valence-electron chi connectivity index (χ1n) is 8.87. The summed E-state index contributed by atoms with van der Waals surface area (Å²) in [5.74, 6) is 0.578. The van der Waals surface area contributed by atoms with E-state index >= 15 is 0 Å². The molecule has 1 fully saturated rings. The first-order valence-corrected chi connectivity index (χ1v) is 8.87. The van der Waals surface area contributed by atoms with E-state index in [4.69, 9.17) is 0 Å². The Morgan fingerprint density at radius 3 is 2.92 bits per heavy atom. The summed E-state index contributed by atoms with van der Waals surface area (Å²) < 4.78 is 1.82. The number of carbonyl (C=O) groups is 1. The van der Waals surface area contributed by atoms with E-state index in [9.17, 15) is 9.59 Å². The number of anilines is 2. The molecule has 26 heavy (non-hydrogen) atoms. The predicted octanol–water partition coefficient (Wildman–Crippen LogP) is 1.78. The lowest BCUT2D eigenvalue weighted by Gasteiger charge is -2.45. The van der Waals surface area contributed by atoms with Gasteiger partial charge in [0, 0.05) is 5.41 Å². The van der Waals surface area contributed by atoms with E-state index < -0.39 is 11.1 Å². The zero-order chi connectivity index (χ0) is 18.5. The fraction of sp³-hybridized carbons (Fsp3) is 0.588. The van der Waals surface area contributed by atoms with Crippen LogP contribution >= 0.6 is 0 Å². The highest BCUT2D eigenvalue weighted by Gasteiger charge is 2.45. The number of carbonyl (C=O) groups excluding carboxylic acids is 1. The van der Waals surface area contributed by atoms with Crippen molar-refractivity contribution in [2.24, 2.45) is 5.41 Å². The second-order valence-corrected chi connectivity index (χ2v) is 8.17. The van der Waals surface area contributed by atoms with E-state index in [-0.39, 0.29) is 23.3 Å². The monoisotopic (exact) mass is 357 g/mol. The molecule has 2 atom stereocenters. The summed E-state index contributed by atoms with van der Waals surface area (Å²) in [7, 11) is 0. The molecule has 0 aromatic carbocycles. The summed E-state index contributed by atoms with van der Waals surface area (Å²) in [5, 5.41) is 10.4. The fourth-order valence-electron chi connectivity index (χ4n) is 3.84. The van der Waals surface area contributed by atoms with Gasteiger partial charge in [0.1, 0.15) is 24.1 Å². The summed E-state index contributed by atoms with van der Waals surface area (Å²) in [6.45, 7) is 5.42. The predicted molar refractivity (Wildman–Crippen MR) is 95.8 cm³/mol. The van der Waals surface area contributed by atoms with Crippen molar-refractivity contribution in [3.8, 4) is 0 Å². The number of aromatic amines is 1. The quantitative estimate of drug-likeness (QED) is 0.754. The molecular formula is C17H23N7O2. The van der Waals surface area contributed by atoms with Gasteiger partial charge in [-0.05, 0) is 31.6 Å². The largest absolute Gasteiger partial charge is 0.345 e. The molecule has 0 radical (unpaired) electrons. The molecule has 1 aliphatic carbocycles. The molecule has 0 saturated heterocycles. The second-order valence-electron chi connectivity index (χ2n) is 8.17. The molecule has 3 heterocycles. The third-order valence-corrected chi connectivity index (χ3v) is 5.21. The lowest BCUT2D eigenvalue weighted by atomic mass is 9.75. The van der Waals surface area contributed by atoms with E-state index in [1.54, 1.807) is 27.1 Å². The van der Waals surface area contributed by atoms with Crippen molar-refractivity contribution in [2.45, 2.75) is 58.0 Å². The Hall–Kier alpha value is -2.71. The summed E-state index contributed by atoms with van der Waals surface area (Å²) in [5.41, 5.74) is -0.557. The molecule has 0 unspecified atom stereocenters. The van der Waals surface area contributed by atoms with Gasteiger partial charge in [-0.3, -0.25) is 19.9 Å². The number of H-pyrrole nitrogens is 1. The van der Waals surface area contributed by atoms with Gasteiger partial charge < -0.3 is 5.32 Å². The standard InChI is InChI=1S/C17H23N7O2/c1-16(2,3)14(26)22-15-20-12-11(13(25)21-15)10-5-4-6-17(7-10,23-12)24-9-18-8-19-24/h8-10H,4-7H2,1-3H3,(H3,20,21,22,23,25,26)/t10-,17-/m1/s1. The van der Waals surface area contributed by atoms with Crippen molar-refractivity contribution in [1.29, 1.82) is 0 Å². The third-order valence-electron chi connectivity index (χ3n) is 5.21. The topological polar surface area (TPSA) is 118 Å². The second kappa shape index (κ2) is 5.65. The van der Waals surface area contributed by atoms with Gasteiger partial charge in [0.2, 0.25) is 11.9 Å². The molecule has 138 valence electrons. The number of rotatable bonds is 2. The van der Waals surface area contributed by atoms with Gasteiger partial charge >= 0.3 is 0 Å². The molecule has 9 nitrogen and oxygen atoms in total. The molecule has 9 heteroatoms. The van der Waals surface area contributed by atoms with Crippen LogP contribution in [0.2, 0.25) is 0 Å². The van der Waals surface area contributed by atoms with Gasteiger partial charge in [-0.2, -0.15) is 10.1 Å². The Morgan fingerprint density at radius 2 is 2.23 bits per heavy atom. The minimum absolute atomic E-state index is 0.104. The smallest absolute Gasteiger partial charge is 0.257 e. The highest BCUT2D eigenvalue weighted by Crippen LogP contribution is 2.47. The molecule has 1 saturated carbocycles. The van der Waals surface area contributed by atoms with Crippen molar-refractivity contribution < 1.29 is 4.79 Å². The fourth-order valence-corrected chi connectivity index (χ4v) is 3.84. The third kappa shape index (κ3) is 2.67. The highest BCUT2D eigenvalue weighted by molar-refractivity contribution is 5.93. The van der Waals surface area contributed by atoms with Crippen LogP contribution in [0.25, 0.3) is 0 Å². The molecule has 1 aliphatic heterocycles. The number of aromatic nitrogens is 5. The summed E-state index contributed by atoms with van der Waals surface area (Å²) >= 11 is 0. The molecule has 2 aromatic rings. The Labute approximate surface area is 150 Å². The first-order chi connectivity index (χ1) is 12.3. The van der Waals surface area contributed by atoms with Gasteiger partial charge in [-0.15, -0.1) is 0 Å². The lowest BCUT2D eigenvalue weighted by molar-refractivity contribution is -0.123. The van der Waals surface area contributed by atoms with Crippen LogP contribution in [0.3, 0.4) is 0 Å². The minimum Gasteiger partial charge on any atom is -0.345 e. The van der Waals surface area contributed by atoms with Crippen molar-refractivity contribution in [1.82, 2.24) is 24.7 Å². The number of amides is 1. The molecule has 2 bridgehead atoms. The van der Waals surface area contributed by atoms with Crippen LogP contribution in [0.4, 0.5) is 11.8 Å². The maximum atomic E-state index is 12.7. The SMILES string of the molecule is CC(C)(C)C(=O)Nc1nc2c(c(=O)[nH]1)[C@@H]1CCC[C@@](n3cncn3)(C1)N2. The molecule has 3 N–H and O–H groups in total. The number of nitrogens with one attached hydrogen (secondary N) is 3. The lowest BCUT2D eigenvalue weighted by Crippen LogP contribution is -2.50. The van der Waals surface area contributed by atoms with Crippen molar-refractivity contribution in [2.75, 3.05) is 10.6 Å². The molecule has 1 amide bonds. The summed E-state index contributed by atoms with van der Waals surface area (Å²) in [4.78, 5) is 36.2. The Bertz CT molecular complexity index is 897. The molecule has 0 spiro atoms. The number of nitrogens with zero attached hydrogens (tertiary/aromatic N) is 4. The zero-order valence-electron chi connectivity index (χ0n) is 15.2. The normalized spacial score (nSPS) is 24.5. The summed E-state index contributed by atoms with van der Waals surface area (Å²) in [6, 6.07) is 0. The number of hydrogen-bond donors (Lipinski definition) is 3. The average Bonchev–Trinajstić information content (AvgIpc) is 3.08. The first kappa shape index (κ1) is 16.7. The average molecular weight is 357 g/mol. The molecule has 2 aliphatic rings. The minimum atomic E-state index is -0.583. The van der Waals surface area contributed by atoms with Crippen molar-refractivity contribution in [3.63, 3.8) is 0 Å². The van der Waals surface area contributed by atoms with Gasteiger partial charge in [0.15, 0.2) is 0 Å². The van der Waals surface area contributed by atoms with Gasteiger partial charge in [-0.1, -0.05) is 20.8 Å². The summed E-state index contributed by atoms with van der Waals surface area (Å²) in [6.07, 6.45) is 6.76. The van der Waals surface area contributed by atoms with E-state index in [1.165, 1.54) is 6.33 Å². The van der Waals surface area contributed by atoms with Crippen LogP contribution < -0.4 is 16.2 Å². The van der Waals surface area contributed by atoms with Crippen molar-refractivity contribution >= 4 is 17.7 Å². The molecule has 2 aromatic heterocycles. The van der Waals surface area contributed by atoms with Crippen molar-refractivity contribution in [3.05, 3.63) is 28.6 Å². The van der Waals surface area contributed by atoms with Crippen LogP contribution in [0.5, 0.6) is 0 Å². The Morgan fingerprint density at radius 1 is 1.42 bits per heavy atom. The van der Waals surface area contributed by atoms with Crippen LogP contribution in [0.15, 0.2) is 17.4 Å². The maximum Gasteiger partial charge on any atom is 0.257 e. The zero-order valence-corrected chi connectivity index (χ0v) is 15.2. The van der Waals surface area contributed by atoms with Gasteiger partial charge in [-0.25, -0.2) is 9.67 Å². The van der Waals surface area contributed by atoms with E-state index in [0.29, 0.717) is 11.4 Å². The van der Waals surface area contributed by atoms with Crippen LogP contribution in [0.1, 0.15) is 57.9 Å².